The van der Waals surface area contributed by atoms with E-state index in [4.69, 9.17) is 0 Å². The number of aryl methyl sites for hydroxylation is 1. The molecular weight excluding hydrogens is 356 g/mol. The van der Waals surface area contributed by atoms with E-state index in [0.29, 0.717) is 12.2 Å². The summed E-state index contributed by atoms with van der Waals surface area (Å²) in [5.74, 6) is -0.0470. The zero-order chi connectivity index (χ0) is 16.2. The summed E-state index contributed by atoms with van der Waals surface area (Å²) in [6, 6.07) is 3.84. The number of rotatable bonds is 6. The first-order valence-corrected chi connectivity index (χ1v) is 9.09. The molecule has 1 saturated heterocycles. The Morgan fingerprint density at radius 3 is 2.87 bits per heavy atom. The maximum Gasteiger partial charge on any atom is 0.270 e. The predicted octanol–water partition coefficient (Wildman–Crippen LogP) is 3.01. The van der Waals surface area contributed by atoms with E-state index in [1.807, 2.05) is 29.7 Å². The average Bonchev–Trinajstić information content (AvgIpc) is 3.13. The molecule has 124 valence electrons. The highest BCUT2D eigenvalue weighted by atomic mass is 79.9. The van der Waals surface area contributed by atoms with Crippen LogP contribution in [0.1, 0.15) is 41.9 Å². The minimum Gasteiger partial charge on any atom is -0.351 e. The van der Waals surface area contributed by atoms with Gasteiger partial charge in [-0.05, 0) is 80.3 Å². The van der Waals surface area contributed by atoms with Gasteiger partial charge in [-0.3, -0.25) is 9.20 Å². The molecule has 23 heavy (non-hydrogen) atoms. The maximum atomic E-state index is 12.5. The van der Waals surface area contributed by atoms with E-state index >= 15 is 0 Å². The van der Waals surface area contributed by atoms with E-state index in [1.54, 1.807) is 0 Å². The Bertz CT molecular complexity index is 691. The highest BCUT2D eigenvalue weighted by molar-refractivity contribution is 9.10. The van der Waals surface area contributed by atoms with Crippen LogP contribution in [-0.4, -0.2) is 46.4 Å². The second-order valence-electron chi connectivity index (χ2n) is 6.13. The van der Waals surface area contributed by atoms with Gasteiger partial charge in [0.25, 0.3) is 5.91 Å². The number of carbonyl (C=O) groups excluding carboxylic acids is 1. The van der Waals surface area contributed by atoms with Crippen molar-refractivity contribution in [3.63, 3.8) is 0 Å². The Labute approximate surface area is 145 Å². The normalized spacial score (nSPS) is 15.4. The molecule has 0 saturated carbocycles. The number of amides is 1. The summed E-state index contributed by atoms with van der Waals surface area (Å²) in [6.45, 7) is 6.22. The zero-order valence-electron chi connectivity index (χ0n) is 13.5. The van der Waals surface area contributed by atoms with Gasteiger partial charge in [0, 0.05) is 17.2 Å². The van der Waals surface area contributed by atoms with E-state index in [9.17, 15) is 4.79 Å². The second-order valence-corrected chi connectivity index (χ2v) is 7.05. The minimum absolute atomic E-state index is 0.0470. The van der Waals surface area contributed by atoms with Gasteiger partial charge in [-0.15, -0.1) is 0 Å². The van der Waals surface area contributed by atoms with Crippen LogP contribution in [0.2, 0.25) is 0 Å². The Kier molecular flexibility index (Phi) is 5.33. The van der Waals surface area contributed by atoms with E-state index in [-0.39, 0.29) is 5.91 Å². The smallest absolute Gasteiger partial charge is 0.270 e. The molecule has 1 aliphatic rings. The molecule has 3 heterocycles. The number of hydrogen-bond acceptors (Lipinski definition) is 3. The number of carbonyl (C=O) groups is 1. The Morgan fingerprint density at radius 2 is 2.09 bits per heavy atom. The standard InChI is InChI=1S/C17H23BrN4O/c1-13-16(22-12-14(18)6-7-15(22)20-13)17(23)19-8-2-3-9-21-10-4-5-11-21/h6-7,12H,2-5,8-11H2,1H3,(H,19,23). The fraction of sp³-hybridized carbons (Fsp3) is 0.529. The lowest BCUT2D eigenvalue weighted by Gasteiger charge is -2.14. The summed E-state index contributed by atoms with van der Waals surface area (Å²) in [5, 5.41) is 3.03. The summed E-state index contributed by atoms with van der Waals surface area (Å²) >= 11 is 3.45. The summed E-state index contributed by atoms with van der Waals surface area (Å²) in [7, 11) is 0. The van der Waals surface area contributed by atoms with Gasteiger partial charge in [-0.1, -0.05) is 0 Å². The molecule has 1 amide bonds. The molecule has 0 aliphatic carbocycles. The fourth-order valence-electron chi connectivity index (χ4n) is 3.16. The summed E-state index contributed by atoms with van der Waals surface area (Å²) < 4.78 is 2.78. The molecule has 0 atom stereocenters. The van der Waals surface area contributed by atoms with Crippen LogP contribution in [0.3, 0.4) is 0 Å². The average molecular weight is 379 g/mol. The first-order chi connectivity index (χ1) is 11.1. The van der Waals surface area contributed by atoms with Crippen LogP contribution in [-0.2, 0) is 0 Å². The predicted molar refractivity (Wildman–Crippen MR) is 94.9 cm³/mol. The van der Waals surface area contributed by atoms with Gasteiger partial charge >= 0.3 is 0 Å². The molecule has 2 aromatic rings. The third kappa shape index (κ3) is 3.93. The number of unbranched alkanes of at least 4 members (excludes halogenated alkanes) is 1. The number of aromatic nitrogens is 2. The van der Waals surface area contributed by atoms with Crippen LogP contribution in [0.15, 0.2) is 22.8 Å². The first-order valence-electron chi connectivity index (χ1n) is 8.30. The van der Waals surface area contributed by atoms with Crippen molar-refractivity contribution in [2.24, 2.45) is 0 Å². The summed E-state index contributed by atoms with van der Waals surface area (Å²) in [6.07, 6.45) is 6.71. The van der Waals surface area contributed by atoms with Gasteiger partial charge < -0.3 is 10.2 Å². The number of pyridine rings is 1. The quantitative estimate of drug-likeness (QED) is 0.785. The number of nitrogens with one attached hydrogen (secondary N) is 1. The molecule has 3 rings (SSSR count). The van der Waals surface area contributed by atoms with Gasteiger partial charge in [0.15, 0.2) is 0 Å². The van der Waals surface area contributed by atoms with Crippen LogP contribution in [0.5, 0.6) is 0 Å². The van der Waals surface area contributed by atoms with E-state index in [0.717, 1.165) is 35.2 Å². The van der Waals surface area contributed by atoms with Gasteiger partial charge in [0.1, 0.15) is 11.3 Å². The van der Waals surface area contributed by atoms with Crippen molar-refractivity contribution in [1.82, 2.24) is 19.6 Å². The van der Waals surface area contributed by atoms with Crippen molar-refractivity contribution in [2.45, 2.75) is 32.6 Å². The summed E-state index contributed by atoms with van der Waals surface area (Å²) in [4.78, 5) is 19.4. The van der Waals surface area contributed by atoms with Crippen molar-refractivity contribution >= 4 is 27.5 Å². The van der Waals surface area contributed by atoms with Crippen molar-refractivity contribution in [1.29, 1.82) is 0 Å². The molecular formula is C17H23BrN4O. The second kappa shape index (κ2) is 7.45. The third-order valence-electron chi connectivity index (χ3n) is 4.36. The number of halogens is 1. The molecule has 5 nitrogen and oxygen atoms in total. The van der Waals surface area contributed by atoms with Gasteiger partial charge in [0.05, 0.1) is 5.69 Å². The number of likely N-dealkylation sites (tertiary alicyclic amines) is 1. The molecule has 0 radical (unpaired) electrons. The third-order valence-corrected chi connectivity index (χ3v) is 4.83. The van der Waals surface area contributed by atoms with Gasteiger partial charge in [-0.2, -0.15) is 0 Å². The fourth-order valence-corrected chi connectivity index (χ4v) is 3.50. The van der Waals surface area contributed by atoms with Crippen molar-refractivity contribution in [3.8, 4) is 0 Å². The molecule has 0 spiro atoms. The highest BCUT2D eigenvalue weighted by Gasteiger charge is 2.16. The largest absolute Gasteiger partial charge is 0.351 e. The zero-order valence-corrected chi connectivity index (χ0v) is 15.1. The van der Waals surface area contributed by atoms with Crippen molar-refractivity contribution in [2.75, 3.05) is 26.2 Å². The maximum absolute atomic E-state index is 12.5. The molecule has 1 fully saturated rings. The van der Waals surface area contributed by atoms with Crippen LogP contribution in [0, 0.1) is 6.92 Å². The van der Waals surface area contributed by atoms with Crippen LogP contribution >= 0.6 is 15.9 Å². The molecule has 1 N–H and O–H groups in total. The minimum atomic E-state index is -0.0470. The SMILES string of the molecule is Cc1nc2ccc(Br)cn2c1C(=O)NCCCCN1CCCC1. The van der Waals surface area contributed by atoms with E-state index < -0.39 is 0 Å². The molecule has 0 bridgehead atoms. The Hall–Kier alpha value is -1.40. The lowest BCUT2D eigenvalue weighted by Crippen LogP contribution is -2.27. The van der Waals surface area contributed by atoms with Gasteiger partial charge in [0.2, 0.25) is 0 Å². The first kappa shape index (κ1) is 16.5. The van der Waals surface area contributed by atoms with Gasteiger partial charge in [-0.25, -0.2) is 4.98 Å². The van der Waals surface area contributed by atoms with Crippen LogP contribution < -0.4 is 5.32 Å². The number of hydrogen-bond donors (Lipinski definition) is 1. The molecule has 1 aliphatic heterocycles. The number of imidazole rings is 1. The Morgan fingerprint density at radius 1 is 1.30 bits per heavy atom. The lowest BCUT2D eigenvalue weighted by atomic mass is 10.2. The topological polar surface area (TPSA) is 49.6 Å². The van der Waals surface area contributed by atoms with Crippen molar-refractivity contribution in [3.05, 3.63) is 34.2 Å². The molecule has 2 aromatic heterocycles. The van der Waals surface area contributed by atoms with E-state index in [2.05, 4.69) is 31.1 Å². The number of fused-ring (bicyclic) bond motifs is 1. The highest BCUT2D eigenvalue weighted by Crippen LogP contribution is 2.16. The van der Waals surface area contributed by atoms with Crippen molar-refractivity contribution < 1.29 is 4.79 Å². The molecule has 6 heteroatoms. The summed E-state index contributed by atoms with van der Waals surface area (Å²) in [5.41, 5.74) is 2.18. The van der Waals surface area contributed by atoms with Crippen LogP contribution in [0.25, 0.3) is 5.65 Å². The monoisotopic (exact) mass is 378 g/mol. The number of nitrogens with zero attached hydrogens (tertiary/aromatic N) is 3. The Balaban J connectivity index is 1.53. The van der Waals surface area contributed by atoms with E-state index in [1.165, 1.54) is 25.9 Å². The molecule has 0 unspecified atom stereocenters. The lowest BCUT2D eigenvalue weighted by molar-refractivity contribution is 0.0946. The molecule has 0 aromatic carbocycles. The van der Waals surface area contributed by atoms with Crippen LogP contribution in [0.4, 0.5) is 0 Å².